The SMILES string of the molecule is CN(O)Cc1cc(F)c(F)cc1[N+](=O)[O-]. The third-order valence-electron chi connectivity index (χ3n) is 1.72. The first-order valence-electron chi connectivity index (χ1n) is 3.94. The number of hydroxylamine groups is 2. The fourth-order valence-electron chi connectivity index (χ4n) is 1.12. The van der Waals surface area contributed by atoms with Crippen LogP contribution in [0.25, 0.3) is 0 Å². The van der Waals surface area contributed by atoms with E-state index in [1.807, 2.05) is 0 Å². The fourth-order valence-corrected chi connectivity index (χ4v) is 1.12. The summed E-state index contributed by atoms with van der Waals surface area (Å²) in [7, 11) is 1.24. The molecule has 0 heterocycles. The lowest BCUT2D eigenvalue weighted by Gasteiger charge is -2.08. The van der Waals surface area contributed by atoms with Crippen molar-refractivity contribution in [2.24, 2.45) is 0 Å². The van der Waals surface area contributed by atoms with Crippen molar-refractivity contribution in [2.45, 2.75) is 6.54 Å². The summed E-state index contributed by atoms with van der Waals surface area (Å²) < 4.78 is 25.5. The van der Waals surface area contributed by atoms with Crippen LogP contribution in [0.2, 0.25) is 0 Å². The highest BCUT2D eigenvalue weighted by molar-refractivity contribution is 5.40. The third kappa shape index (κ3) is 2.67. The largest absolute Gasteiger partial charge is 0.314 e. The highest BCUT2D eigenvalue weighted by atomic mass is 19.2. The number of nitro benzene ring substituents is 1. The minimum atomic E-state index is -1.29. The zero-order valence-corrected chi connectivity index (χ0v) is 7.78. The maximum absolute atomic E-state index is 12.8. The first-order valence-corrected chi connectivity index (χ1v) is 3.94. The van der Waals surface area contributed by atoms with Gasteiger partial charge in [0.1, 0.15) is 0 Å². The molecule has 1 aromatic rings. The summed E-state index contributed by atoms with van der Waals surface area (Å²) in [5.41, 5.74) is -0.654. The van der Waals surface area contributed by atoms with E-state index < -0.39 is 22.2 Å². The van der Waals surface area contributed by atoms with Crippen molar-refractivity contribution in [3.63, 3.8) is 0 Å². The van der Waals surface area contributed by atoms with Crippen molar-refractivity contribution < 1.29 is 18.9 Å². The average Bonchev–Trinajstić information content (AvgIpc) is 2.09. The van der Waals surface area contributed by atoms with Gasteiger partial charge >= 0.3 is 0 Å². The normalized spacial score (nSPS) is 10.7. The van der Waals surface area contributed by atoms with Crippen LogP contribution in [0.15, 0.2) is 12.1 Å². The Kier molecular flexibility index (Phi) is 3.28. The van der Waals surface area contributed by atoms with Gasteiger partial charge < -0.3 is 5.21 Å². The molecule has 1 aromatic carbocycles. The lowest BCUT2D eigenvalue weighted by molar-refractivity contribution is -0.386. The van der Waals surface area contributed by atoms with Gasteiger partial charge in [-0.2, -0.15) is 5.06 Å². The number of benzene rings is 1. The summed E-state index contributed by atoms with van der Waals surface area (Å²) in [5.74, 6) is -2.47. The molecular formula is C8H8F2N2O3. The van der Waals surface area contributed by atoms with Crippen LogP contribution in [0.5, 0.6) is 0 Å². The first kappa shape index (κ1) is 11.5. The summed E-state index contributed by atoms with van der Waals surface area (Å²) >= 11 is 0. The van der Waals surface area contributed by atoms with E-state index in [-0.39, 0.29) is 12.1 Å². The Hall–Kier alpha value is -1.60. The molecule has 0 amide bonds. The highest BCUT2D eigenvalue weighted by Gasteiger charge is 2.19. The van der Waals surface area contributed by atoms with E-state index in [0.29, 0.717) is 17.2 Å². The fraction of sp³-hybridized carbons (Fsp3) is 0.250. The zero-order chi connectivity index (χ0) is 11.6. The van der Waals surface area contributed by atoms with Gasteiger partial charge in [-0.3, -0.25) is 10.1 Å². The molecule has 0 aliphatic rings. The van der Waals surface area contributed by atoms with E-state index in [4.69, 9.17) is 5.21 Å². The molecule has 15 heavy (non-hydrogen) atoms. The van der Waals surface area contributed by atoms with Crippen LogP contribution < -0.4 is 0 Å². The summed E-state index contributed by atoms with van der Waals surface area (Å²) in [6.45, 7) is -0.256. The van der Waals surface area contributed by atoms with Crippen LogP contribution >= 0.6 is 0 Å². The molecule has 0 aliphatic carbocycles. The van der Waals surface area contributed by atoms with Gasteiger partial charge in [0.15, 0.2) is 11.6 Å². The lowest BCUT2D eigenvalue weighted by atomic mass is 10.1. The second-order valence-electron chi connectivity index (χ2n) is 2.97. The molecule has 0 spiro atoms. The topological polar surface area (TPSA) is 66.6 Å². The molecule has 1 N–H and O–H groups in total. The Morgan fingerprint density at radius 1 is 1.47 bits per heavy atom. The average molecular weight is 218 g/mol. The van der Waals surface area contributed by atoms with Crippen LogP contribution in [0.4, 0.5) is 14.5 Å². The number of nitrogens with zero attached hydrogens (tertiary/aromatic N) is 2. The van der Waals surface area contributed by atoms with Gasteiger partial charge in [0.2, 0.25) is 0 Å². The van der Waals surface area contributed by atoms with Gasteiger partial charge in [0.05, 0.1) is 17.5 Å². The molecule has 0 aromatic heterocycles. The minimum Gasteiger partial charge on any atom is -0.314 e. The number of hydrogen-bond donors (Lipinski definition) is 1. The van der Waals surface area contributed by atoms with Crippen LogP contribution in [0, 0.1) is 21.7 Å². The Balaban J connectivity index is 3.22. The molecule has 1 rings (SSSR count). The molecule has 0 fully saturated rings. The van der Waals surface area contributed by atoms with Crippen LogP contribution in [0.1, 0.15) is 5.56 Å². The van der Waals surface area contributed by atoms with E-state index in [9.17, 15) is 18.9 Å². The van der Waals surface area contributed by atoms with Gasteiger partial charge in [-0.05, 0) is 6.07 Å². The van der Waals surface area contributed by atoms with Gasteiger partial charge in [-0.25, -0.2) is 8.78 Å². The summed E-state index contributed by atoms with van der Waals surface area (Å²) in [6, 6.07) is 1.19. The molecule has 5 nitrogen and oxygen atoms in total. The molecule has 0 radical (unpaired) electrons. The second kappa shape index (κ2) is 4.28. The van der Waals surface area contributed by atoms with E-state index >= 15 is 0 Å². The van der Waals surface area contributed by atoms with Gasteiger partial charge in [-0.1, -0.05) is 0 Å². The standard InChI is InChI=1S/C8H8F2N2O3/c1-11(13)4-5-2-6(9)7(10)3-8(5)12(14)15/h2-3,13H,4H2,1H3. The van der Waals surface area contributed by atoms with E-state index in [0.717, 1.165) is 0 Å². The van der Waals surface area contributed by atoms with Crippen molar-refractivity contribution in [1.29, 1.82) is 0 Å². The number of hydrogen-bond acceptors (Lipinski definition) is 4. The first-order chi connectivity index (χ1) is 6.91. The second-order valence-corrected chi connectivity index (χ2v) is 2.97. The summed E-state index contributed by atoms with van der Waals surface area (Å²) in [4.78, 5) is 9.65. The highest BCUT2D eigenvalue weighted by Crippen LogP contribution is 2.22. The maximum Gasteiger partial charge on any atom is 0.277 e. The van der Waals surface area contributed by atoms with E-state index in [1.165, 1.54) is 7.05 Å². The Morgan fingerprint density at radius 3 is 2.47 bits per heavy atom. The van der Waals surface area contributed by atoms with Crippen molar-refractivity contribution in [3.05, 3.63) is 39.4 Å². The molecule has 0 saturated heterocycles. The van der Waals surface area contributed by atoms with Gasteiger partial charge in [0, 0.05) is 12.6 Å². The van der Waals surface area contributed by atoms with Crippen LogP contribution in [-0.2, 0) is 6.54 Å². The summed E-state index contributed by atoms with van der Waals surface area (Å²) in [6.07, 6.45) is 0. The monoisotopic (exact) mass is 218 g/mol. The van der Waals surface area contributed by atoms with Crippen molar-refractivity contribution >= 4 is 5.69 Å². The van der Waals surface area contributed by atoms with Crippen molar-refractivity contribution in [3.8, 4) is 0 Å². The van der Waals surface area contributed by atoms with Gasteiger partial charge in [-0.15, -0.1) is 0 Å². The number of nitro groups is 1. The number of halogens is 2. The van der Waals surface area contributed by atoms with E-state index in [1.54, 1.807) is 0 Å². The maximum atomic E-state index is 12.8. The molecule has 82 valence electrons. The molecule has 0 unspecified atom stereocenters. The summed E-state index contributed by atoms with van der Waals surface area (Å²) in [5, 5.41) is 20.0. The van der Waals surface area contributed by atoms with Gasteiger partial charge in [0.25, 0.3) is 5.69 Å². The minimum absolute atomic E-state index is 0.0936. The molecule has 0 bridgehead atoms. The van der Waals surface area contributed by atoms with Crippen LogP contribution in [-0.4, -0.2) is 22.2 Å². The van der Waals surface area contributed by atoms with Crippen molar-refractivity contribution in [2.75, 3.05) is 7.05 Å². The molecule has 0 atom stereocenters. The lowest BCUT2D eigenvalue weighted by Crippen LogP contribution is -2.13. The van der Waals surface area contributed by atoms with Crippen LogP contribution in [0.3, 0.4) is 0 Å². The smallest absolute Gasteiger partial charge is 0.277 e. The zero-order valence-electron chi connectivity index (χ0n) is 7.78. The Morgan fingerprint density at radius 2 is 2.00 bits per heavy atom. The molecule has 0 aliphatic heterocycles. The number of rotatable bonds is 3. The molecule has 0 saturated carbocycles. The Bertz CT molecular complexity index is 396. The predicted octanol–water partition coefficient (Wildman–Crippen LogP) is 1.69. The molecular weight excluding hydrogens is 210 g/mol. The third-order valence-corrected chi connectivity index (χ3v) is 1.72. The van der Waals surface area contributed by atoms with Crippen molar-refractivity contribution in [1.82, 2.24) is 5.06 Å². The van der Waals surface area contributed by atoms with E-state index in [2.05, 4.69) is 0 Å². The molecule has 7 heteroatoms. The predicted molar refractivity (Wildman–Crippen MR) is 46.3 cm³/mol. The quantitative estimate of drug-likeness (QED) is 0.619. The Labute approximate surface area is 83.7 Å².